The lowest BCUT2D eigenvalue weighted by molar-refractivity contribution is -0.112. The molecule has 1 amide bonds. The maximum atomic E-state index is 12.1. The number of sulfonamides is 1. The van der Waals surface area contributed by atoms with Crippen LogP contribution in [0.1, 0.15) is 11.1 Å². The molecule has 0 saturated heterocycles. The minimum absolute atomic E-state index is 0.0635. The van der Waals surface area contributed by atoms with E-state index < -0.39 is 15.9 Å². The van der Waals surface area contributed by atoms with Crippen molar-refractivity contribution in [1.82, 2.24) is 5.32 Å². The Labute approximate surface area is 152 Å². The lowest BCUT2D eigenvalue weighted by Crippen LogP contribution is -2.17. The van der Waals surface area contributed by atoms with E-state index in [0.717, 1.165) is 11.1 Å². The van der Waals surface area contributed by atoms with Crippen LogP contribution in [0.25, 0.3) is 0 Å². The Kier molecular flexibility index (Phi) is 6.11. The molecular formula is C18H18N4O3S. The summed E-state index contributed by atoms with van der Waals surface area (Å²) in [6.45, 7) is 2.46. The summed E-state index contributed by atoms with van der Waals surface area (Å²) in [5, 5.41) is 19.7. The van der Waals surface area contributed by atoms with Gasteiger partial charge in [-0.1, -0.05) is 24.3 Å². The molecule has 2 aromatic carbocycles. The van der Waals surface area contributed by atoms with E-state index in [1.165, 1.54) is 30.5 Å². The summed E-state index contributed by atoms with van der Waals surface area (Å²) in [4.78, 5) is 12.1. The van der Waals surface area contributed by atoms with E-state index in [0.29, 0.717) is 12.2 Å². The average molecular weight is 370 g/mol. The van der Waals surface area contributed by atoms with Crippen molar-refractivity contribution in [3.63, 3.8) is 0 Å². The molecule has 2 aromatic rings. The highest BCUT2D eigenvalue weighted by Gasteiger charge is 2.11. The summed E-state index contributed by atoms with van der Waals surface area (Å²) >= 11 is 0. The average Bonchev–Trinajstić information content (AvgIpc) is 2.60. The normalized spacial score (nSPS) is 11.5. The van der Waals surface area contributed by atoms with Crippen LogP contribution < -0.4 is 15.8 Å². The number of nitrogens with zero attached hydrogens (tertiary/aromatic N) is 1. The van der Waals surface area contributed by atoms with Crippen molar-refractivity contribution < 1.29 is 13.2 Å². The van der Waals surface area contributed by atoms with E-state index in [2.05, 4.69) is 10.6 Å². The van der Waals surface area contributed by atoms with Gasteiger partial charge in [-0.15, -0.1) is 0 Å². The van der Waals surface area contributed by atoms with E-state index in [-0.39, 0.29) is 10.5 Å². The number of hydrogen-bond acceptors (Lipinski definition) is 5. The first-order valence-electron chi connectivity index (χ1n) is 7.63. The van der Waals surface area contributed by atoms with Crippen LogP contribution in [0.4, 0.5) is 5.69 Å². The number of carbonyl (C=O) groups is 1. The molecule has 0 atom stereocenters. The number of hydrogen-bond donors (Lipinski definition) is 3. The quantitative estimate of drug-likeness (QED) is 0.528. The molecule has 134 valence electrons. The first kappa shape index (κ1) is 19.2. The molecule has 0 bridgehead atoms. The predicted octanol–water partition coefficient (Wildman–Crippen LogP) is 1.78. The summed E-state index contributed by atoms with van der Waals surface area (Å²) in [6.07, 6.45) is 1.35. The van der Waals surface area contributed by atoms with Gasteiger partial charge in [-0.2, -0.15) is 5.26 Å². The Morgan fingerprint density at radius 2 is 1.85 bits per heavy atom. The van der Waals surface area contributed by atoms with Gasteiger partial charge in [0.15, 0.2) is 0 Å². The van der Waals surface area contributed by atoms with Gasteiger partial charge in [0.2, 0.25) is 10.0 Å². The molecule has 8 heteroatoms. The Morgan fingerprint density at radius 3 is 2.42 bits per heavy atom. The smallest absolute Gasteiger partial charge is 0.267 e. The van der Waals surface area contributed by atoms with Crippen LogP contribution in [0.15, 0.2) is 65.2 Å². The third-order valence-electron chi connectivity index (χ3n) is 3.61. The zero-order valence-electron chi connectivity index (χ0n) is 14.1. The minimum Gasteiger partial charge on any atom is -0.386 e. The van der Waals surface area contributed by atoms with E-state index >= 15 is 0 Å². The second kappa shape index (κ2) is 8.29. The Morgan fingerprint density at radius 1 is 1.19 bits per heavy atom. The molecule has 0 saturated carbocycles. The SMILES string of the molecule is Cc1ccccc1CN/C=C(/C#N)C(=O)Nc1ccc(S(N)(=O)=O)cc1. The highest BCUT2D eigenvalue weighted by atomic mass is 32.2. The molecule has 0 aliphatic rings. The summed E-state index contributed by atoms with van der Waals surface area (Å²) in [5.74, 6) is -0.604. The number of primary sulfonamides is 1. The molecule has 0 spiro atoms. The van der Waals surface area contributed by atoms with Crippen molar-refractivity contribution in [2.24, 2.45) is 5.14 Å². The number of amides is 1. The van der Waals surface area contributed by atoms with Crippen LogP contribution in [-0.2, 0) is 21.4 Å². The van der Waals surface area contributed by atoms with Crippen molar-refractivity contribution >= 4 is 21.6 Å². The number of carbonyl (C=O) groups excluding carboxylic acids is 1. The Balaban J connectivity index is 2.02. The fourth-order valence-electron chi connectivity index (χ4n) is 2.15. The summed E-state index contributed by atoms with van der Waals surface area (Å²) in [7, 11) is -3.80. The van der Waals surface area contributed by atoms with Crippen molar-refractivity contribution in [3.8, 4) is 6.07 Å². The van der Waals surface area contributed by atoms with Crippen molar-refractivity contribution in [1.29, 1.82) is 5.26 Å². The van der Waals surface area contributed by atoms with Gasteiger partial charge in [-0.3, -0.25) is 4.79 Å². The molecule has 4 N–H and O–H groups in total. The number of nitriles is 1. The van der Waals surface area contributed by atoms with Gasteiger partial charge in [-0.05, 0) is 42.3 Å². The molecule has 26 heavy (non-hydrogen) atoms. The summed E-state index contributed by atoms with van der Waals surface area (Å²) < 4.78 is 22.4. The third kappa shape index (κ3) is 5.17. The van der Waals surface area contributed by atoms with Crippen LogP contribution in [0.3, 0.4) is 0 Å². The van der Waals surface area contributed by atoms with Crippen LogP contribution >= 0.6 is 0 Å². The van der Waals surface area contributed by atoms with E-state index in [1.807, 2.05) is 37.3 Å². The first-order valence-corrected chi connectivity index (χ1v) is 9.18. The second-order valence-corrected chi connectivity index (χ2v) is 7.06. The molecule has 0 fully saturated rings. The third-order valence-corrected chi connectivity index (χ3v) is 4.54. The van der Waals surface area contributed by atoms with E-state index in [4.69, 9.17) is 10.4 Å². The van der Waals surface area contributed by atoms with Gasteiger partial charge in [0.05, 0.1) is 4.90 Å². The van der Waals surface area contributed by atoms with E-state index in [1.54, 1.807) is 0 Å². The van der Waals surface area contributed by atoms with Gasteiger partial charge in [-0.25, -0.2) is 13.6 Å². The highest BCUT2D eigenvalue weighted by Crippen LogP contribution is 2.13. The zero-order valence-corrected chi connectivity index (χ0v) is 14.9. The second-order valence-electron chi connectivity index (χ2n) is 5.50. The molecule has 0 unspecified atom stereocenters. The van der Waals surface area contributed by atoms with Gasteiger partial charge in [0.1, 0.15) is 11.6 Å². The molecule has 0 heterocycles. The van der Waals surface area contributed by atoms with Gasteiger partial charge >= 0.3 is 0 Å². The number of aryl methyl sites for hydroxylation is 1. The zero-order chi connectivity index (χ0) is 19.2. The fourth-order valence-corrected chi connectivity index (χ4v) is 2.66. The first-order chi connectivity index (χ1) is 12.3. The summed E-state index contributed by atoms with van der Waals surface area (Å²) in [6, 6.07) is 14.9. The molecule has 2 rings (SSSR count). The minimum atomic E-state index is -3.80. The van der Waals surface area contributed by atoms with E-state index in [9.17, 15) is 13.2 Å². The topological polar surface area (TPSA) is 125 Å². The van der Waals surface area contributed by atoms with Crippen molar-refractivity contribution in [2.75, 3.05) is 5.32 Å². The standard InChI is InChI=1S/C18H18N4O3S/c1-13-4-2-3-5-14(13)11-21-12-15(10-19)18(23)22-16-6-8-17(9-7-16)26(20,24)25/h2-9,12,21H,11H2,1H3,(H,22,23)(H2,20,24,25)/b15-12-. The maximum Gasteiger partial charge on any atom is 0.267 e. The number of nitrogens with two attached hydrogens (primary N) is 1. The number of benzene rings is 2. The number of rotatable bonds is 6. The molecule has 0 radical (unpaired) electrons. The monoisotopic (exact) mass is 370 g/mol. The molecular weight excluding hydrogens is 352 g/mol. The molecule has 0 aliphatic carbocycles. The predicted molar refractivity (Wildman–Crippen MR) is 98.2 cm³/mol. The highest BCUT2D eigenvalue weighted by molar-refractivity contribution is 7.89. The van der Waals surface area contributed by atoms with Gasteiger partial charge in [0, 0.05) is 18.4 Å². The van der Waals surface area contributed by atoms with Crippen LogP contribution in [0.2, 0.25) is 0 Å². The number of anilines is 1. The van der Waals surface area contributed by atoms with Crippen LogP contribution in [0.5, 0.6) is 0 Å². The van der Waals surface area contributed by atoms with Gasteiger partial charge < -0.3 is 10.6 Å². The molecule has 0 aromatic heterocycles. The Bertz CT molecular complexity index is 974. The van der Waals surface area contributed by atoms with Crippen molar-refractivity contribution in [2.45, 2.75) is 18.4 Å². The van der Waals surface area contributed by atoms with Gasteiger partial charge in [0.25, 0.3) is 5.91 Å². The number of nitrogens with one attached hydrogen (secondary N) is 2. The van der Waals surface area contributed by atoms with Crippen LogP contribution in [0, 0.1) is 18.3 Å². The largest absolute Gasteiger partial charge is 0.386 e. The lowest BCUT2D eigenvalue weighted by atomic mass is 10.1. The lowest BCUT2D eigenvalue weighted by Gasteiger charge is -2.07. The van der Waals surface area contributed by atoms with Crippen molar-refractivity contribution in [3.05, 3.63) is 71.4 Å². The fraction of sp³-hybridized carbons (Fsp3) is 0.111. The summed E-state index contributed by atoms with van der Waals surface area (Å²) in [5.41, 5.74) is 2.41. The Hall–Kier alpha value is -3.15. The molecule has 7 nitrogen and oxygen atoms in total. The van der Waals surface area contributed by atoms with Crippen LogP contribution in [-0.4, -0.2) is 14.3 Å². The maximum absolute atomic E-state index is 12.1. The molecule has 0 aliphatic heterocycles.